The quantitative estimate of drug-likeness (QED) is 0.496. The molecule has 9 heteroatoms. The first-order chi connectivity index (χ1) is 13.9. The third-order valence-electron chi connectivity index (χ3n) is 3.98. The van der Waals surface area contributed by atoms with Gasteiger partial charge in [0.2, 0.25) is 15.9 Å². The second kappa shape index (κ2) is 11.8. The van der Waals surface area contributed by atoms with Crippen molar-refractivity contribution in [3.8, 4) is 5.75 Å². The minimum atomic E-state index is -3.79. The number of carbonyl (C=O) groups excluding carboxylic acids is 1. The normalized spacial score (nSPS) is 12.3. The molecule has 0 bridgehead atoms. The minimum absolute atomic E-state index is 0.120. The Bertz CT molecular complexity index is 862. The number of nitrogens with one attached hydrogen (secondary N) is 2. The Morgan fingerprint density at radius 3 is 2.48 bits per heavy atom. The van der Waals surface area contributed by atoms with Crippen LogP contribution in [0, 0.1) is 5.82 Å². The highest BCUT2D eigenvalue weighted by molar-refractivity contribution is 7.98. The molecule has 2 aromatic carbocycles. The molecule has 0 saturated carbocycles. The monoisotopic (exact) mass is 440 g/mol. The van der Waals surface area contributed by atoms with Crippen LogP contribution in [0.1, 0.15) is 12.8 Å². The molecule has 29 heavy (non-hydrogen) atoms. The molecule has 6 nitrogen and oxygen atoms in total. The van der Waals surface area contributed by atoms with Crippen LogP contribution in [-0.4, -0.2) is 45.5 Å². The molecule has 2 N–H and O–H groups in total. The Morgan fingerprint density at radius 2 is 1.83 bits per heavy atom. The van der Waals surface area contributed by atoms with E-state index in [9.17, 15) is 17.6 Å². The van der Waals surface area contributed by atoms with E-state index in [1.54, 1.807) is 18.2 Å². The first kappa shape index (κ1) is 23.2. The van der Waals surface area contributed by atoms with Gasteiger partial charge in [0.25, 0.3) is 0 Å². The average Bonchev–Trinajstić information content (AvgIpc) is 2.72. The number of thioether (sulfide) groups is 1. The Morgan fingerprint density at radius 1 is 1.14 bits per heavy atom. The fraction of sp³-hybridized carbons (Fsp3) is 0.350. The zero-order valence-corrected chi connectivity index (χ0v) is 17.8. The van der Waals surface area contributed by atoms with Gasteiger partial charge in [-0.1, -0.05) is 18.2 Å². The molecule has 0 aliphatic heterocycles. The molecule has 0 heterocycles. The number of hydrogen-bond acceptors (Lipinski definition) is 5. The molecule has 0 aromatic heterocycles. The summed E-state index contributed by atoms with van der Waals surface area (Å²) in [6.07, 6.45) is 2.81. The van der Waals surface area contributed by atoms with Crippen molar-refractivity contribution in [2.75, 3.05) is 25.2 Å². The lowest BCUT2D eigenvalue weighted by molar-refractivity contribution is -0.122. The third-order valence-corrected chi connectivity index (χ3v) is 6.11. The number of benzene rings is 2. The largest absolute Gasteiger partial charge is 0.494 e. The van der Waals surface area contributed by atoms with Crippen LogP contribution in [0.5, 0.6) is 5.75 Å². The molecule has 1 atom stereocenters. The van der Waals surface area contributed by atoms with Gasteiger partial charge in [-0.2, -0.15) is 16.5 Å². The van der Waals surface area contributed by atoms with Gasteiger partial charge in [0.15, 0.2) is 0 Å². The number of ether oxygens (including phenoxy) is 1. The highest BCUT2D eigenvalue weighted by atomic mass is 32.2. The van der Waals surface area contributed by atoms with Crippen molar-refractivity contribution >= 4 is 27.7 Å². The Balaban J connectivity index is 1.83. The maximum atomic E-state index is 12.9. The summed E-state index contributed by atoms with van der Waals surface area (Å²) in [4.78, 5) is 12.6. The molecule has 158 valence electrons. The molecular weight excluding hydrogens is 415 g/mol. The van der Waals surface area contributed by atoms with Gasteiger partial charge in [-0.3, -0.25) is 4.79 Å². The Labute approximate surface area is 175 Å². The number of halogens is 1. The van der Waals surface area contributed by atoms with Crippen molar-refractivity contribution in [3.05, 3.63) is 60.4 Å². The van der Waals surface area contributed by atoms with E-state index in [0.717, 1.165) is 0 Å². The Kier molecular flexibility index (Phi) is 9.43. The molecule has 0 saturated heterocycles. The molecule has 2 rings (SSSR count). The van der Waals surface area contributed by atoms with E-state index in [4.69, 9.17) is 4.74 Å². The van der Waals surface area contributed by atoms with Crippen LogP contribution in [0.25, 0.3) is 0 Å². The van der Waals surface area contributed by atoms with Gasteiger partial charge < -0.3 is 10.1 Å². The van der Waals surface area contributed by atoms with E-state index in [1.807, 2.05) is 6.26 Å². The van der Waals surface area contributed by atoms with Crippen LogP contribution in [0.3, 0.4) is 0 Å². The molecule has 1 unspecified atom stereocenters. The summed E-state index contributed by atoms with van der Waals surface area (Å²) in [5, 5.41) is 2.75. The van der Waals surface area contributed by atoms with Gasteiger partial charge in [-0.15, -0.1) is 0 Å². The van der Waals surface area contributed by atoms with Crippen molar-refractivity contribution in [3.63, 3.8) is 0 Å². The molecule has 0 radical (unpaired) electrons. The van der Waals surface area contributed by atoms with Crippen LogP contribution in [0.2, 0.25) is 0 Å². The summed E-state index contributed by atoms with van der Waals surface area (Å²) in [5.41, 5.74) is 0. The summed E-state index contributed by atoms with van der Waals surface area (Å²) < 4.78 is 45.9. The van der Waals surface area contributed by atoms with Crippen LogP contribution in [0.15, 0.2) is 59.5 Å². The number of carbonyl (C=O) groups is 1. The zero-order valence-electron chi connectivity index (χ0n) is 16.1. The lowest BCUT2D eigenvalue weighted by Gasteiger charge is -2.18. The fourth-order valence-corrected chi connectivity index (χ4v) is 4.18. The predicted octanol–water partition coefficient (Wildman–Crippen LogP) is 2.81. The molecule has 0 fully saturated rings. The van der Waals surface area contributed by atoms with E-state index < -0.39 is 16.1 Å². The van der Waals surface area contributed by atoms with E-state index >= 15 is 0 Å². The highest BCUT2D eigenvalue weighted by Gasteiger charge is 2.25. The lowest BCUT2D eigenvalue weighted by Crippen LogP contribution is -2.47. The van der Waals surface area contributed by atoms with Gasteiger partial charge >= 0.3 is 0 Å². The summed E-state index contributed by atoms with van der Waals surface area (Å²) in [7, 11) is -3.79. The number of sulfonamides is 1. The number of rotatable bonds is 12. The smallest absolute Gasteiger partial charge is 0.241 e. The van der Waals surface area contributed by atoms with Gasteiger partial charge in [0.05, 0.1) is 11.5 Å². The minimum Gasteiger partial charge on any atom is -0.494 e. The molecular formula is C20H25FN2O4S2. The second-order valence-electron chi connectivity index (χ2n) is 6.22. The summed E-state index contributed by atoms with van der Waals surface area (Å²) in [6, 6.07) is 12.8. The van der Waals surface area contributed by atoms with Crippen molar-refractivity contribution in [1.29, 1.82) is 0 Å². The average molecular weight is 441 g/mol. The topological polar surface area (TPSA) is 84.5 Å². The maximum Gasteiger partial charge on any atom is 0.241 e. The Hall–Kier alpha value is -2.10. The molecule has 0 spiro atoms. The van der Waals surface area contributed by atoms with E-state index in [0.29, 0.717) is 37.5 Å². The van der Waals surface area contributed by atoms with Crippen molar-refractivity contribution in [2.45, 2.75) is 23.8 Å². The van der Waals surface area contributed by atoms with E-state index in [-0.39, 0.29) is 16.6 Å². The lowest BCUT2D eigenvalue weighted by atomic mass is 10.2. The highest BCUT2D eigenvalue weighted by Crippen LogP contribution is 2.12. The van der Waals surface area contributed by atoms with Gasteiger partial charge in [-0.05, 0) is 61.2 Å². The fourth-order valence-electron chi connectivity index (χ4n) is 2.46. The maximum absolute atomic E-state index is 12.9. The molecule has 0 aliphatic carbocycles. The SMILES string of the molecule is CSCCC(NS(=O)(=O)c1ccccc1)C(=O)NCCCOc1ccc(F)cc1. The van der Waals surface area contributed by atoms with Gasteiger partial charge in [-0.25, -0.2) is 12.8 Å². The van der Waals surface area contributed by atoms with Crippen molar-refractivity contribution < 1.29 is 22.3 Å². The standard InChI is InChI=1S/C20H25FN2O4S2/c1-28-15-12-19(23-29(25,26)18-6-3-2-4-7-18)20(24)22-13-5-14-27-17-10-8-16(21)9-11-17/h2-4,6-11,19,23H,5,12-15H2,1H3,(H,22,24). The first-order valence-electron chi connectivity index (χ1n) is 9.15. The van der Waals surface area contributed by atoms with Gasteiger partial charge in [0, 0.05) is 6.54 Å². The number of amides is 1. The van der Waals surface area contributed by atoms with Crippen LogP contribution < -0.4 is 14.8 Å². The van der Waals surface area contributed by atoms with E-state index in [1.165, 1.54) is 48.2 Å². The van der Waals surface area contributed by atoms with Crippen molar-refractivity contribution in [2.24, 2.45) is 0 Å². The van der Waals surface area contributed by atoms with Crippen LogP contribution >= 0.6 is 11.8 Å². The number of hydrogen-bond donors (Lipinski definition) is 2. The van der Waals surface area contributed by atoms with Crippen LogP contribution in [-0.2, 0) is 14.8 Å². The summed E-state index contributed by atoms with van der Waals surface area (Å²) >= 11 is 1.54. The van der Waals surface area contributed by atoms with Crippen molar-refractivity contribution in [1.82, 2.24) is 10.0 Å². The van der Waals surface area contributed by atoms with Crippen LogP contribution in [0.4, 0.5) is 4.39 Å². The third kappa shape index (κ3) is 8.04. The first-order valence-corrected chi connectivity index (χ1v) is 12.0. The molecule has 0 aliphatic rings. The molecule has 1 amide bonds. The van der Waals surface area contributed by atoms with E-state index in [2.05, 4.69) is 10.0 Å². The predicted molar refractivity (Wildman–Crippen MR) is 113 cm³/mol. The second-order valence-corrected chi connectivity index (χ2v) is 8.91. The van der Waals surface area contributed by atoms with Gasteiger partial charge in [0.1, 0.15) is 17.6 Å². The molecule has 2 aromatic rings. The summed E-state index contributed by atoms with van der Waals surface area (Å²) in [6.45, 7) is 0.681. The summed E-state index contributed by atoms with van der Waals surface area (Å²) in [5.74, 6) is 0.480. The zero-order chi connectivity index (χ0) is 21.1.